The molecule has 0 amide bonds. The van der Waals surface area contributed by atoms with Gasteiger partial charge in [-0.3, -0.25) is 4.31 Å². The molecule has 21 heavy (non-hydrogen) atoms. The van der Waals surface area contributed by atoms with Crippen LogP contribution >= 0.6 is 0 Å². The molecule has 0 radical (unpaired) electrons. The quantitative estimate of drug-likeness (QED) is 0.855. The van der Waals surface area contributed by atoms with Gasteiger partial charge >= 0.3 is 10.2 Å². The van der Waals surface area contributed by atoms with Gasteiger partial charge in [-0.1, -0.05) is 0 Å². The highest BCUT2D eigenvalue weighted by Crippen LogP contribution is 2.33. The molecule has 2 rings (SSSR count). The Kier molecular flexibility index (Phi) is 4.04. The van der Waals surface area contributed by atoms with Crippen molar-refractivity contribution in [3.63, 3.8) is 0 Å². The van der Waals surface area contributed by atoms with Gasteiger partial charge in [0.05, 0.1) is 10.6 Å². The first-order valence-corrected chi connectivity index (χ1v) is 9.41. The number of nitrogens with two attached hydrogens (primary N) is 1. The molecule has 9 heteroatoms. The molecule has 1 heterocycles. The number of nitrogens with zero attached hydrogens (tertiary/aromatic N) is 2. The molecule has 118 valence electrons. The van der Waals surface area contributed by atoms with Gasteiger partial charge in [0.15, 0.2) is 0 Å². The van der Waals surface area contributed by atoms with Crippen molar-refractivity contribution in [1.82, 2.24) is 4.31 Å². The summed E-state index contributed by atoms with van der Waals surface area (Å²) >= 11 is 0. The molecule has 0 saturated heterocycles. The van der Waals surface area contributed by atoms with Gasteiger partial charge in [-0.05, 0) is 44.0 Å². The predicted octanol–water partition coefficient (Wildman–Crippen LogP) is 0.282. The molecule has 0 bridgehead atoms. The van der Waals surface area contributed by atoms with Crippen LogP contribution in [0, 0.1) is 0 Å². The van der Waals surface area contributed by atoms with Gasteiger partial charge in [0, 0.05) is 19.6 Å². The highest BCUT2D eigenvalue weighted by molar-refractivity contribution is 7.90. The standard InChI is InChI=1S/C12H19N3O4S2/c1-9(2)14(3)21(18,19)15-7-6-10-8-11(20(13,16)17)4-5-12(10)15/h4-5,8-9H,6-7H2,1-3H3,(H2,13,16,17). The Morgan fingerprint density at radius 2 is 1.86 bits per heavy atom. The highest BCUT2D eigenvalue weighted by Gasteiger charge is 2.34. The molecule has 0 unspecified atom stereocenters. The van der Waals surface area contributed by atoms with E-state index in [2.05, 4.69) is 0 Å². The lowest BCUT2D eigenvalue weighted by Crippen LogP contribution is -2.44. The summed E-state index contributed by atoms with van der Waals surface area (Å²) in [5.41, 5.74) is 1.18. The second-order valence-electron chi connectivity index (χ2n) is 5.28. The second kappa shape index (κ2) is 5.24. The van der Waals surface area contributed by atoms with Crippen molar-refractivity contribution in [2.24, 2.45) is 5.14 Å². The summed E-state index contributed by atoms with van der Waals surface area (Å²) in [5, 5.41) is 5.09. The monoisotopic (exact) mass is 333 g/mol. The Bertz CT molecular complexity index is 757. The first kappa shape index (κ1) is 16.2. The largest absolute Gasteiger partial charge is 0.304 e. The van der Waals surface area contributed by atoms with E-state index in [9.17, 15) is 16.8 Å². The third-order valence-corrected chi connectivity index (χ3v) is 6.60. The van der Waals surface area contributed by atoms with Crippen LogP contribution in [0.25, 0.3) is 0 Å². The summed E-state index contributed by atoms with van der Waals surface area (Å²) in [4.78, 5) is -0.00212. The zero-order chi connectivity index (χ0) is 16.0. The summed E-state index contributed by atoms with van der Waals surface area (Å²) in [5.74, 6) is 0. The molecule has 7 nitrogen and oxygen atoms in total. The summed E-state index contributed by atoms with van der Waals surface area (Å²) in [7, 11) is -5.87. The Morgan fingerprint density at radius 3 is 2.38 bits per heavy atom. The number of hydrogen-bond donors (Lipinski definition) is 1. The minimum absolute atomic E-state index is 0.00212. The van der Waals surface area contributed by atoms with Crippen molar-refractivity contribution in [3.8, 4) is 0 Å². The van der Waals surface area contributed by atoms with Crippen LogP contribution in [0.4, 0.5) is 5.69 Å². The molecule has 0 saturated carbocycles. The Morgan fingerprint density at radius 1 is 1.24 bits per heavy atom. The number of sulfonamides is 1. The predicted molar refractivity (Wildman–Crippen MR) is 80.7 cm³/mol. The molecule has 1 aromatic carbocycles. The lowest BCUT2D eigenvalue weighted by Gasteiger charge is -2.28. The molecule has 0 aromatic heterocycles. The fourth-order valence-corrected chi connectivity index (χ4v) is 4.34. The van der Waals surface area contributed by atoms with Crippen molar-refractivity contribution in [2.45, 2.75) is 31.2 Å². The fourth-order valence-electron chi connectivity index (χ4n) is 2.19. The van der Waals surface area contributed by atoms with Crippen LogP contribution < -0.4 is 9.44 Å². The van der Waals surface area contributed by atoms with E-state index in [0.717, 1.165) is 0 Å². The van der Waals surface area contributed by atoms with E-state index in [4.69, 9.17) is 5.14 Å². The average Bonchev–Trinajstić information content (AvgIpc) is 2.79. The van der Waals surface area contributed by atoms with E-state index in [1.807, 2.05) is 0 Å². The van der Waals surface area contributed by atoms with Gasteiger partial charge in [-0.15, -0.1) is 0 Å². The SMILES string of the molecule is CC(C)N(C)S(=O)(=O)N1CCc2cc(S(N)(=O)=O)ccc21. The maximum atomic E-state index is 12.5. The molecular formula is C12H19N3O4S2. The molecule has 1 aliphatic rings. The zero-order valence-electron chi connectivity index (χ0n) is 12.1. The van der Waals surface area contributed by atoms with Crippen LogP contribution in [0.2, 0.25) is 0 Å². The topological polar surface area (TPSA) is 101 Å². The molecular weight excluding hydrogens is 314 g/mol. The first-order valence-electron chi connectivity index (χ1n) is 6.46. The summed E-state index contributed by atoms with van der Waals surface area (Å²) < 4.78 is 50.3. The lowest BCUT2D eigenvalue weighted by atomic mass is 10.2. The van der Waals surface area contributed by atoms with E-state index in [0.29, 0.717) is 24.2 Å². The maximum absolute atomic E-state index is 12.5. The van der Waals surface area contributed by atoms with E-state index >= 15 is 0 Å². The van der Waals surface area contributed by atoms with E-state index in [1.54, 1.807) is 13.8 Å². The Labute approximate surface area is 125 Å². The van der Waals surface area contributed by atoms with Gasteiger partial charge in [0.25, 0.3) is 0 Å². The van der Waals surface area contributed by atoms with Crippen LogP contribution in [0.15, 0.2) is 23.1 Å². The third kappa shape index (κ3) is 2.91. The van der Waals surface area contributed by atoms with Gasteiger partial charge in [-0.25, -0.2) is 13.6 Å². The Hall–Kier alpha value is -1.16. The Balaban J connectivity index is 2.45. The van der Waals surface area contributed by atoms with Crippen LogP contribution in [0.1, 0.15) is 19.4 Å². The van der Waals surface area contributed by atoms with Crippen LogP contribution in [0.5, 0.6) is 0 Å². The van der Waals surface area contributed by atoms with Crippen LogP contribution in [-0.4, -0.2) is 40.8 Å². The molecule has 1 aliphatic heterocycles. The number of hydrogen-bond acceptors (Lipinski definition) is 4. The first-order chi connectivity index (χ1) is 9.55. The average molecular weight is 333 g/mol. The minimum Gasteiger partial charge on any atom is -0.257 e. The molecule has 0 spiro atoms. The van der Waals surface area contributed by atoms with Crippen molar-refractivity contribution >= 4 is 25.9 Å². The van der Waals surface area contributed by atoms with Gasteiger partial charge in [0.1, 0.15) is 0 Å². The highest BCUT2D eigenvalue weighted by atomic mass is 32.2. The number of fused-ring (bicyclic) bond motifs is 1. The van der Waals surface area contributed by atoms with E-state index in [1.165, 1.54) is 33.9 Å². The van der Waals surface area contributed by atoms with Gasteiger partial charge in [-0.2, -0.15) is 12.7 Å². The number of rotatable bonds is 4. The number of anilines is 1. The van der Waals surface area contributed by atoms with E-state index < -0.39 is 20.2 Å². The minimum atomic E-state index is -3.79. The van der Waals surface area contributed by atoms with Crippen molar-refractivity contribution in [2.75, 3.05) is 17.9 Å². The summed E-state index contributed by atoms with van der Waals surface area (Å²) in [6.07, 6.45) is 0.462. The molecule has 2 N–H and O–H groups in total. The normalized spacial score (nSPS) is 15.8. The van der Waals surface area contributed by atoms with Crippen molar-refractivity contribution < 1.29 is 16.8 Å². The van der Waals surface area contributed by atoms with Gasteiger partial charge in [0.2, 0.25) is 10.0 Å². The molecule has 1 aromatic rings. The molecule has 0 fully saturated rings. The van der Waals surface area contributed by atoms with Crippen molar-refractivity contribution in [3.05, 3.63) is 23.8 Å². The van der Waals surface area contributed by atoms with Crippen LogP contribution in [-0.2, 0) is 26.7 Å². The number of benzene rings is 1. The smallest absolute Gasteiger partial charge is 0.257 e. The lowest BCUT2D eigenvalue weighted by molar-refractivity contribution is 0.408. The molecule has 0 aliphatic carbocycles. The zero-order valence-corrected chi connectivity index (χ0v) is 13.8. The summed E-state index contributed by atoms with van der Waals surface area (Å²) in [6.45, 7) is 3.88. The van der Waals surface area contributed by atoms with Gasteiger partial charge < -0.3 is 0 Å². The van der Waals surface area contributed by atoms with Crippen LogP contribution in [0.3, 0.4) is 0 Å². The van der Waals surface area contributed by atoms with E-state index in [-0.39, 0.29) is 10.9 Å². The number of primary sulfonamides is 1. The third-order valence-electron chi connectivity index (χ3n) is 3.60. The van der Waals surface area contributed by atoms with Crippen molar-refractivity contribution in [1.29, 1.82) is 0 Å². The maximum Gasteiger partial charge on any atom is 0.304 e. The fraction of sp³-hybridized carbons (Fsp3) is 0.500. The molecule has 0 atom stereocenters. The second-order valence-corrected chi connectivity index (χ2v) is 8.75. The summed E-state index contributed by atoms with van der Waals surface area (Å²) in [6, 6.07) is 4.10.